The quantitative estimate of drug-likeness (QED) is 0.254. The van der Waals surface area contributed by atoms with Crippen LogP contribution in [0.1, 0.15) is 54.9 Å². The molecule has 0 N–H and O–H groups in total. The minimum atomic E-state index is -6.00. The minimum Gasteiger partial charge on any atom is -0.418 e. The number of halogens is 4. The van der Waals surface area contributed by atoms with E-state index in [1.807, 2.05) is 0 Å². The third-order valence-electron chi connectivity index (χ3n) is 4.39. The van der Waals surface area contributed by atoms with Crippen LogP contribution in [0.4, 0.5) is 17.3 Å². The molecule has 0 aliphatic heterocycles. The van der Waals surface area contributed by atoms with Gasteiger partial charge in [-0.1, -0.05) is 48.5 Å². The van der Waals surface area contributed by atoms with E-state index in [-0.39, 0.29) is 20.1 Å². The summed E-state index contributed by atoms with van der Waals surface area (Å²) < 4.78 is 39.0. The zero-order chi connectivity index (χ0) is 18.4. The van der Waals surface area contributed by atoms with E-state index in [1.165, 1.54) is 41.4 Å². The largest absolute Gasteiger partial charge is 0.673 e. The van der Waals surface area contributed by atoms with E-state index in [4.69, 9.17) is 0 Å². The Morgan fingerprint density at radius 2 is 1.00 bits per heavy atom. The van der Waals surface area contributed by atoms with Crippen molar-refractivity contribution in [1.29, 1.82) is 0 Å². The van der Waals surface area contributed by atoms with Gasteiger partial charge in [0.25, 0.3) is 0 Å². The van der Waals surface area contributed by atoms with Crippen LogP contribution < -0.4 is 0 Å². The van der Waals surface area contributed by atoms with Crippen molar-refractivity contribution in [2.24, 2.45) is 0 Å². The summed E-state index contributed by atoms with van der Waals surface area (Å²) >= 11 is 0. The molecule has 2 aliphatic carbocycles. The van der Waals surface area contributed by atoms with Crippen LogP contribution in [0.3, 0.4) is 0 Å². The molecule has 0 heterocycles. The Morgan fingerprint density at radius 1 is 0.708 bits per heavy atom. The van der Waals surface area contributed by atoms with Crippen LogP contribution in [-0.2, 0) is 20.1 Å². The van der Waals surface area contributed by atoms with Crippen molar-refractivity contribution < 1.29 is 37.4 Å². The molecule has 0 spiro atoms. The predicted octanol–water partition coefficient (Wildman–Crippen LogP) is 6.46. The zero-order valence-corrected chi connectivity index (χ0v) is 17.8. The summed E-state index contributed by atoms with van der Waals surface area (Å²) in [5.74, 6) is 10.3. The summed E-state index contributed by atoms with van der Waals surface area (Å²) in [6.45, 7) is 15.3. The molecule has 6 heteroatoms. The van der Waals surface area contributed by atoms with Gasteiger partial charge in [-0.2, -0.15) is 0 Å². The molecule has 2 aliphatic rings. The van der Waals surface area contributed by atoms with E-state index in [0.717, 1.165) is 6.42 Å². The predicted molar refractivity (Wildman–Crippen MR) is 90.1 cm³/mol. The van der Waals surface area contributed by atoms with E-state index in [2.05, 4.69) is 67.7 Å². The van der Waals surface area contributed by atoms with Gasteiger partial charge in [0.05, 0.1) is 0 Å². The molecule has 139 valence electrons. The Bertz CT molecular complexity index is 264. The van der Waals surface area contributed by atoms with Crippen LogP contribution in [-0.4, -0.2) is 7.25 Å². The maximum atomic E-state index is 9.75. The SMILES string of the molecule is C[C]1[CH][CH][CH]C[C]1C.C[C]1[C](C)[C](C)[C](C)[C]1C.F[B-](F)(F)F.[Ir]. The van der Waals surface area contributed by atoms with Crippen LogP contribution in [0.15, 0.2) is 0 Å². The molecule has 0 amide bonds. The first-order chi connectivity index (χ1) is 10.4. The fourth-order valence-corrected chi connectivity index (χ4v) is 2.17. The van der Waals surface area contributed by atoms with Gasteiger partial charge in [-0.25, -0.2) is 0 Å². The Kier molecular flexibility index (Phi) is 13.3. The maximum absolute atomic E-state index is 9.75. The second-order valence-electron chi connectivity index (χ2n) is 5.88. The van der Waals surface area contributed by atoms with Gasteiger partial charge < -0.3 is 17.3 Å². The summed E-state index contributed by atoms with van der Waals surface area (Å²) in [7, 11) is -6.00. The standard InChI is InChI=1S/C10H15.C8H11.BF4.Ir/c1-6-7(2)9(4)10(5)8(6)3;1-7-5-3-4-6-8(7)2;2-1(3,4)5;/h1-5H3;3-5H,6H2,1-2H3;;/q;;-1;. The fourth-order valence-electron chi connectivity index (χ4n) is 2.17. The van der Waals surface area contributed by atoms with Crippen LogP contribution >= 0.6 is 0 Å². The molecule has 11 radical (unpaired) electrons. The summed E-state index contributed by atoms with van der Waals surface area (Å²) in [5, 5.41) is 0. The minimum absolute atomic E-state index is 0. The molecular formula is C18H26BF4Ir-. The van der Waals surface area contributed by atoms with Gasteiger partial charge in [0, 0.05) is 20.1 Å². The third kappa shape index (κ3) is 10.4. The molecule has 0 aromatic rings. The molecule has 0 atom stereocenters. The van der Waals surface area contributed by atoms with Gasteiger partial charge in [0.15, 0.2) is 0 Å². The number of hydrogen-bond acceptors (Lipinski definition) is 0. The second-order valence-corrected chi connectivity index (χ2v) is 5.88. The van der Waals surface area contributed by atoms with E-state index >= 15 is 0 Å². The molecule has 0 bridgehead atoms. The molecule has 24 heavy (non-hydrogen) atoms. The molecule has 0 aromatic heterocycles. The first-order valence-electron chi connectivity index (χ1n) is 7.59. The Hall–Kier alpha value is 0.434. The molecule has 2 rings (SSSR count). The average Bonchev–Trinajstić information content (AvgIpc) is 2.59. The van der Waals surface area contributed by atoms with Crippen molar-refractivity contribution in [3.8, 4) is 0 Å². The monoisotopic (exact) mass is 522 g/mol. The van der Waals surface area contributed by atoms with E-state index in [1.54, 1.807) is 0 Å². The molecule has 0 aromatic carbocycles. The van der Waals surface area contributed by atoms with Gasteiger partial charge >= 0.3 is 7.25 Å². The van der Waals surface area contributed by atoms with Crippen LogP contribution in [0.2, 0.25) is 0 Å². The molecule has 2 saturated carbocycles. The van der Waals surface area contributed by atoms with E-state index < -0.39 is 7.25 Å². The van der Waals surface area contributed by atoms with E-state index in [0.29, 0.717) is 0 Å². The van der Waals surface area contributed by atoms with E-state index in [9.17, 15) is 17.3 Å². The third-order valence-corrected chi connectivity index (χ3v) is 4.39. The summed E-state index contributed by atoms with van der Waals surface area (Å²) in [6.07, 6.45) is 7.59. The van der Waals surface area contributed by atoms with Crippen molar-refractivity contribution in [2.45, 2.75) is 54.9 Å². The van der Waals surface area contributed by atoms with Crippen molar-refractivity contribution in [3.63, 3.8) is 0 Å². The van der Waals surface area contributed by atoms with Gasteiger partial charge in [-0.15, -0.1) is 0 Å². The Labute approximate surface area is 160 Å². The maximum Gasteiger partial charge on any atom is 0.673 e. The summed E-state index contributed by atoms with van der Waals surface area (Å²) in [6, 6.07) is 0. The van der Waals surface area contributed by atoms with Crippen LogP contribution in [0, 0.1) is 60.7 Å². The second kappa shape index (κ2) is 11.9. The van der Waals surface area contributed by atoms with Gasteiger partial charge in [-0.3, -0.25) is 0 Å². The first kappa shape index (κ1) is 26.7. The smallest absolute Gasteiger partial charge is 0.418 e. The molecule has 0 unspecified atom stereocenters. The van der Waals surface area contributed by atoms with Crippen LogP contribution in [0.25, 0.3) is 0 Å². The Balaban J connectivity index is 0. The topological polar surface area (TPSA) is 0 Å². The first-order valence-corrected chi connectivity index (χ1v) is 7.59. The summed E-state index contributed by atoms with van der Waals surface area (Å²) in [5.41, 5.74) is 0. The normalized spacial score (nSPS) is 23.1. The number of hydrogen-bond donors (Lipinski definition) is 0. The van der Waals surface area contributed by atoms with Crippen molar-refractivity contribution >= 4 is 7.25 Å². The fraction of sp³-hybridized carbons (Fsp3) is 0.444. The molecule has 0 saturated heterocycles. The average molecular weight is 521 g/mol. The zero-order valence-electron chi connectivity index (χ0n) is 15.4. The molecular weight excluding hydrogens is 495 g/mol. The molecule has 2 fully saturated rings. The van der Waals surface area contributed by atoms with Gasteiger partial charge in [0.2, 0.25) is 0 Å². The summed E-state index contributed by atoms with van der Waals surface area (Å²) in [4.78, 5) is 0. The van der Waals surface area contributed by atoms with Crippen molar-refractivity contribution in [1.82, 2.24) is 0 Å². The van der Waals surface area contributed by atoms with Gasteiger partial charge in [0.1, 0.15) is 0 Å². The molecule has 0 nitrogen and oxygen atoms in total. The van der Waals surface area contributed by atoms with Gasteiger partial charge in [-0.05, 0) is 67.1 Å². The van der Waals surface area contributed by atoms with Crippen molar-refractivity contribution in [3.05, 3.63) is 60.7 Å². The van der Waals surface area contributed by atoms with Crippen LogP contribution in [0.5, 0.6) is 0 Å². The van der Waals surface area contributed by atoms with Crippen molar-refractivity contribution in [2.75, 3.05) is 0 Å². The Morgan fingerprint density at radius 3 is 1.17 bits per heavy atom. The number of rotatable bonds is 0.